The van der Waals surface area contributed by atoms with Gasteiger partial charge in [0.25, 0.3) is 0 Å². The lowest BCUT2D eigenvalue weighted by molar-refractivity contribution is -0.182. The van der Waals surface area contributed by atoms with Gasteiger partial charge in [-0.05, 0) is 61.4 Å². The van der Waals surface area contributed by atoms with Gasteiger partial charge in [0.15, 0.2) is 11.5 Å². The average molecular weight is 543 g/mol. The highest BCUT2D eigenvalue weighted by Gasteiger charge is 2.47. The minimum absolute atomic E-state index is 0.166. The van der Waals surface area contributed by atoms with Crippen molar-refractivity contribution in [3.05, 3.63) is 89.2 Å². The Bertz CT molecular complexity index is 1370. The second kappa shape index (κ2) is 8.95. The zero-order valence-corrected chi connectivity index (χ0v) is 19.8. The van der Waals surface area contributed by atoms with Crippen molar-refractivity contribution in [1.29, 1.82) is 0 Å². The highest BCUT2D eigenvalue weighted by atomic mass is 32.2. The minimum atomic E-state index is -4.50. The molecular weight excluding hydrogens is 524 g/mol. The zero-order chi connectivity index (χ0) is 26.6. The van der Waals surface area contributed by atoms with Gasteiger partial charge in [0.1, 0.15) is 22.3 Å². The number of piperidine rings is 1. The Kier molecular flexibility index (Phi) is 6.14. The van der Waals surface area contributed by atoms with Crippen LogP contribution < -0.4 is 9.47 Å². The fourth-order valence-corrected chi connectivity index (χ4v) is 6.04. The summed E-state index contributed by atoms with van der Waals surface area (Å²) < 4.78 is 120. The van der Waals surface area contributed by atoms with Gasteiger partial charge in [-0.3, -0.25) is 0 Å². The molecule has 2 aliphatic rings. The van der Waals surface area contributed by atoms with E-state index in [4.69, 9.17) is 9.47 Å². The van der Waals surface area contributed by atoms with E-state index in [1.807, 2.05) is 0 Å². The van der Waals surface area contributed by atoms with E-state index in [1.54, 1.807) is 0 Å². The molecule has 5 rings (SSSR count). The summed E-state index contributed by atoms with van der Waals surface area (Å²) in [5.41, 5.74) is 0.520. The molecule has 3 aromatic carbocycles. The predicted molar refractivity (Wildman–Crippen MR) is 119 cm³/mol. The van der Waals surface area contributed by atoms with E-state index in [0.717, 1.165) is 40.7 Å². The molecule has 0 aromatic heterocycles. The van der Waals surface area contributed by atoms with Crippen LogP contribution in [0.15, 0.2) is 65.6 Å². The first-order valence-electron chi connectivity index (χ1n) is 11.2. The summed E-state index contributed by atoms with van der Waals surface area (Å²) >= 11 is 0. The van der Waals surface area contributed by atoms with Gasteiger partial charge in [0, 0.05) is 36.3 Å². The monoisotopic (exact) mass is 543 g/mol. The number of rotatable bonds is 4. The zero-order valence-electron chi connectivity index (χ0n) is 18.9. The van der Waals surface area contributed by atoms with Crippen molar-refractivity contribution in [3.8, 4) is 11.5 Å². The first-order chi connectivity index (χ1) is 17.4. The van der Waals surface area contributed by atoms with Crippen LogP contribution in [0.3, 0.4) is 0 Å². The number of benzene rings is 3. The van der Waals surface area contributed by atoms with Gasteiger partial charge in [0.2, 0.25) is 10.0 Å². The van der Waals surface area contributed by atoms with Crippen molar-refractivity contribution in [3.63, 3.8) is 0 Å². The number of alkyl halides is 3. The maximum Gasteiger partial charge on any atom is 0.391 e. The van der Waals surface area contributed by atoms with Gasteiger partial charge in [-0.1, -0.05) is 0 Å². The highest BCUT2D eigenvalue weighted by molar-refractivity contribution is 7.89. The highest BCUT2D eigenvalue weighted by Crippen LogP contribution is 2.49. The summed E-state index contributed by atoms with van der Waals surface area (Å²) in [6.07, 6.45) is -5.32. The van der Waals surface area contributed by atoms with Gasteiger partial charge in [-0.2, -0.15) is 17.5 Å². The molecular formula is C25H19F6NO4S. The molecule has 0 unspecified atom stereocenters. The smallest absolute Gasteiger partial charge is 0.391 e. The van der Waals surface area contributed by atoms with E-state index in [9.17, 15) is 30.4 Å². The second-order valence-corrected chi connectivity index (χ2v) is 10.7. The number of hydrogen-bond acceptors (Lipinski definition) is 4. The molecule has 0 saturated carbocycles. The summed E-state index contributed by atoms with van der Waals surface area (Å²) in [5, 5.41) is 0. The Labute approximate surface area is 208 Å². The number of nitrogens with zero attached hydrogens (tertiary/aromatic N) is 1. The van der Waals surface area contributed by atoms with Gasteiger partial charge in [-0.25, -0.2) is 21.6 Å². The molecule has 2 heterocycles. The molecule has 0 spiro atoms. The molecule has 12 heteroatoms. The van der Waals surface area contributed by atoms with Gasteiger partial charge in [-0.15, -0.1) is 0 Å². The molecule has 0 aliphatic carbocycles. The lowest BCUT2D eigenvalue weighted by atomic mass is 9.97. The third kappa shape index (κ3) is 4.52. The third-order valence-electron chi connectivity index (χ3n) is 6.49. The van der Waals surface area contributed by atoms with Crippen molar-refractivity contribution in [2.75, 3.05) is 13.1 Å². The van der Waals surface area contributed by atoms with E-state index in [1.165, 1.54) is 24.3 Å². The molecule has 3 aromatic rings. The second-order valence-electron chi connectivity index (χ2n) is 8.78. The Hall–Kier alpha value is -3.25. The summed E-state index contributed by atoms with van der Waals surface area (Å²) in [7, 11) is -4.50. The fraction of sp³-hybridized carbons (Fsp3) is 0.280. The normalized spacial score (nSPS) is 18.2. The third-order valence-corrected chi connectivity index (χ3v) is 8.40. The van der Waals surface area contributed by atoms with Crippen LogP contribution in [0, 0.1) is 23.4 Å². The molecule has 0 N–H and O–H groups in total. The number of ether oxygens (including phenoxy) is 2. The molecule has 5 nitrogen and oxygen atoms in total. The summed E-state index contributed by atoms with van der Waals surface area (Å²) in [4.78, 5) is -0.783. The van der Waals surface area contributed by atoms with E-state index in [0.29, 0.717) is 0 Å². The lowest BCUT2D eigenvalue weighted by Gasteiger charge is -2.32. The Balaban J connectivity index is 1.51. The number of halogens is 6. The molecule has 0 amide bonds. The molecule has 0 atom stereocenters. The van der Waals surface area contributed by atoms with Gasteiger partial charge >= 0.3 is 12.0 Å². The van der Waals surface area contributed by atoms with Crippen molar-refractivity contribution < 1.29 is 44.2 Å². The van der Waals surface area contributed by atoms with Crippen LogP contribution in [-0.2, 0) is 15.8 Å². The van der Waals surface area contributed by atoms with Crippen molar-refractivity contribution in [2.24, 2.45) is 5.92 Å². The summed E-state index contributed by atoms with van der Waals surface area (Å²) in [5.74, 6) is -6.07. The molecule has 1 saturated heterocycles. The van der Waals surface area contributed by atoms with Crippen molar-refractivity contribution >= 4 is 10.0 Å². The van der Waals surface area contributed by atoms with Crippen LogP contribution in [0.4, 0.5) is 26.3 Å². The SMILES string of the molecule is O=S(=O)(c1cc2c(cc1F)OC(c1ccc(F)cc1)(c1ccc(F)cc1)O2)N1CCC(C(F)(F)F)CC1. The van der Waals surface area contributed by atoms with Gasteiger partial charge in [0.05, 0.1) is 5.92 Å². The van der Waals surface area contributed by atoms with E-state index >= 15 is 4.39 Å². The van der Waals surface area contributed by atoms with Crippen LogP contribution >= 0.6 is 0 Å². The van der Waals surface area contributed by atoms with Crippen molar-refractivity contribution in [1.82, 2.24) is 4.31 Å². The number of fused-ring (bicyclic) bond motifs is 1. The molecule has 196 valence electrons. The lowest BCUT2D eigenvalue weighted by Crippen LogP contribution is -2.42. The molecule has 2 aliphatic heterocycles. The van der Waals surface area contributed by atoms with Crippen LogP contribution in [0.5, 0.6) is 11.5 Å². The van der Waals surface area contributed by atoms with Crippen LogP contribution in [-0.4, -0.2) is 32.0 Å². The van der Waals surface area contributed by atoms with Gasteiger partial charge < -0.3 is 9.47 Å². The summed E-state index contributed by atoms with van der Waals surface area (Å²) in [6, 6.07) is 11.7. The average Bonchev–Trinajstić information content (AvgIpc) is 3.23. The Morgan fingerprint density at radius 2 is 1.24 bits per heavy atom. The molecule has 0 bridgehead atoms. The number of hydrogen-bond donors (Lipinski definition) is 0. The topological polar surface area (TPSA) is 55.8 Å². The van der Waals surface area contributed by atoms with Crippen LogP contribution in [0.25, 0.3) is 0 Å². The number of sulfonamides is 1. The van der Waals surface area contributed by atoms with E-state index in [2.05, 4.69) is 0 Å². The van der Waals surface area contributed by atoms with Crippen molar-refractivity contribution in [2.45, 2.75) is 29.7 Å². The largest absolute Gasteiger partial charge is 0.440 e. The molecule has 0 radical (unpaired) electrons. The Morgan fingerprint density at radius 3 is 1.70 bits per heavy atom. The first kappa shape index (κ1) is 25.4. The minimum Gasteiger partial charge on any atom is -0.440 e. The van der Waals surface area contributed by atoms with E-state index < -0.39 is 76.2 Å². The maximum atomic E-state index is 15.1. The first-order valence-corrected chi connectivity index (χ1v) is 12.6. The standard InChI is InChI=1S/C25H19F6NO4S/c26-18-5-1-15(2-6-18)24(16-3-7-19(27)8-4-16)35-21-13-20(28)23(14-22(21)36-24)37(33,34)32-11-9-17(10-12-32)25(29,30)31/h1-8,13-14,17H,9-12H2. The molecule has 1 fully saturated rings. The predicted octanol–water partition coefficient (Wildman–Crippen LogP) is 5.74. The fourth-order valence-electron chi connectivity index (χ4n) is 4.51. The maximum absolute atomic E-state index is 15.1. The quantitative estimate of drug-likeness (QED) is 0.394. The Morgan fingerprint density at radius 1 is 0.784 bits per heavy atom. The summed E-state index contributed by atoms with van der Waals surface area (Å²) in [6.45, 7) is -0.842. The molecule has 37 heavy (non-hydrogen) atoms. The van der Waals surface area contributed by atoms with Crippen LogP contribution in [0.1, 0.15) is 24.0 Å². The van der Waals surface area contributed by atoms with E-state index in [-0.39, 0.29) is 22.6 Å². The van der Waals surface area contributed by atoms with Crippen LogP contribution in [0.2, 0.25) is 0 Å².